The van der Waals surface area contributed by atoms with E-state index >= 15 is 0 Å². The van der Waals surface area contributed by atoms with Gasteiger partial charge in [-0.3, -0.25) is 0 Å². The van der Waals surface area contributed by atoms with Gasteiger partial charge in [-0.15, -0.1) is 0 Å². The van der Waals surface area contributed by atoms with Crippen LogP contribution >= 0.6 is 0 Å². The number of ether oxygens (including phenoxy) is 1. The minimum absolute atomic E-state index is 0.274. The van der Waals surface area contributed by atoms with Crippen molar-refractivity contribution in [3.8, 4) is 0 Å². The fraction of sp³-hybridized carbons (Fsp3) is 0.583. The quantitative estimate of drug-likeness (QED) is 0.809. The van der Waals surface area contributed by atoms with Crippen LogP contribution in [0.5, 0.6) is 0 Å². The van der Waals surface area contributed by atoms with Crippen molar-refractivity contribution < 1.29 is 14.6 Å². The molecule has 4 nitrogen and oxygen atoms in total. The summed E-state index contributed by atoms with van der Waals surface area (Å²) in [5, 5.41) is 9.13. The van der Waals surface area contributed by atoms with Crippen LogP contribution < -0.4 is 0 Å². The molecule has 90 valence electrons. The Morgan fingerprint density at radius 2 is 2.12 bits per heavy atom. The van der Waals surface area contributed by atoms with Crippen LogP contribution in [0.4, 0.5) is 0 Å². The van der Waals surface area contributed by atoms with E-state index in [1.54, 1.807) is 19.4 Å². The monoisotopic (exact) mass is 225 g/mol. The molecule has 0 saturated heterocycles. The van der Waals surface area contributed by atoms with Gasteiger partial charge in [0.25, 0.3) is 0 Å². The average Bonchev–Trinajstić information content (AvgIpc) is 2.65. The standard InChI is InChI=1S/C12H19NO3/c1-4-9(5-2)11-10(12(14)15)6-7-13(11)8-16-3/h6-7,9H,4-5,8H2,1-3H3,(H,14,15). The molecule has 1 rings (SSSR count). The SMILES string of the molecule is CCC(CC)c1c(C(=O)O)ccn1COC. The number of hydrogen-bond acceptors (Lipinski definition) is 2. The van der Waals surface area contributed by atoms with Crippen LogP contribution in [0.15, 0.2) is 12.3 Å². The highest BCUT2D eigenvalue weighted by Crippen LogP contribution is 2.27. The Balaban J connectivity index is 3.17. The fourth-order valence-corrected chi connectivity index (χ4v) is 2.05. The highest BCUT2D eigenvalue weighted by molar-refractivity contribution is 5.89. The largest absolute Gasteiger partial charge is 0.478 e. The maximum atomic E-state index is 11.1. The van der Waals surface area contributed by atoms with Crippen LogP contribution in [0.3, 0.4) is 0 Å². The number of nitrogens with zero attached hydrogens (tertiary/aromatic N) is 1. The Labute approximate surface area is 95.8 Å². The summed E-state index contributed by atoms with van der Waals surface area (Å²) >= 11 is 0. The zero-order valence-corrected chi connectivity index (χ0v) is 10.1. The average molecular weight is 225 g/mol. The summed E-state index contributed by atoms with van der Waals surface area (Å²) < 4.78 is 6.95. The first kappa shape index (κ1) is 12.8. The molecule has 16 heavy (non-hydrogen) atoms. The smallest absolute Gasteiger partial charge is 0.337 e. The molecule has 0 radical (unpaired) electrons. The highest BCUT2D eigenvalue weighted by Gasteiger charge is 2.20. The number of aromatic carboxylic acids is 1. The predicted octanol–water partition coefficient (Wildman–Crippen LogP) is 2.69. The van der Waals surface area contributed by atoms with Gasteiger partial charge in [0, 0.05) is 19.0 Å². The van der Waals surface area contributed by atoms with Gasteiger partial charge in [-0.2, -0.15) is 0 Å². The summed E-state index contributed by atoms with van der Waals surface area (Å²) in [6.07, 6.45) is 3.65. The Bertz CT molecular complexity index is 353. The van der Waals surface area contributed by atoms with E-state index in [1.165, 1.54) is 0 Å². The van der Waals surface area contributed by atoms with Crippen LogP contribution in [0.1, 0.15) is 48.7 Å². The van der Waals surface area contributed by atoms with Crippen LogP contribution in [0.2, 0.25) is 0 Å². The van der Waals surface area contributed by atoms with Gasteiger partial charge >= 0.3 is 5.97 Å². The van der Waals surface area contributed by atoms with Gasteiger partial charge < -0.3 is 14.4 Å². The summed E-state index contributed by atoms with van der Waals surface area (Å²) in [5.74, 6) is -0.590. The van der Waals surface area contributed by atoms with Gasteiger partial charge in [-0.05, 0) is 24.8 Å². The molecule has 0 aliphatic carbocycles. The van der Waals surface area contributed by atoms with Crippen molar-refractivity contribution in [1.82, 2.24) is 4.57 Å². The lowest BCUT2D eigenvalue weighted by Crippen LogP contribution is -2.12. The second-order valence-corrected chi connectivity index (χ2v) is 3.82. The fourth-order valence-electron chi connectivity index (χ4n) is 2.05. The molecule has 1 N–H and O–H groups in total. The van der Waals surface area contributed by atoms with Crippen LogP contribution in [0, 0.1) is 0 Å². The lowest BCUT2D eigenvalue weighted by Gasteiger charge is -2.17. The third-order valence-corrected chi connectivity index (χ3v) is 2.88. The molecule has 0 aliphatic rings. The minimum Gasteiger partial charge on any atom is -0.478 e. The zero-order chi connectivity index (χ0) is 12.1. The number of methoxy groups -OCH3 is 1. The number of rotatable bonds is 6. The molecule has 0 atom stereocenters. The summed E-state index contributed by atoms with van der Waals surface area (Å²) in [5.41, 5.74) is 1.27. The molecule has 0 aliphatic heterocycles. The van der Waals surface area contributed by atoms with E-state index < -0.39 is 5.97 Å². The first-order chi connectivity index (χ1) is 7.65. The Morgan fingerprint density at radius 3 is 2.56 bits per heavy atom. The predicted molar refractivity (Wildman–Crippen MR) is 61.7 cm³/mol. The highest BCUT2D eigenvalue weighted by atomic mass is 16.5. The van der Waals surface area contributed by atoms with Gasteiger partial charge in [0.15, 0.2) is 0 Å². The molecule has 0 aromatic carbocycles. The van der Waals surface area contributed by atoms with Crippen molar-refractivity contribution in [2.24, 2.45) is 0 Å². The van der Waals surface area contributed by atoms with E-state index in [0.29, 0.717) is 12.3 Å². The molecule has 0 amide bonds. The van der Waals surface area contributed by atoms with Gasteiger partial charge in [0.2, 0.25) is 0 Å². The first-order valence-corrected chi connectivity index (χ1v) is 5.56. The maximum Gasteiger partial charge on any atom is 0.337 e. The van der Waals surface area contributed by atoms with Crippen LogP contribution in [-0.4, -0.2) is 22.8 Å². The number of carboxylic acids is 1. The summed E-state index contributed by atoms with van der Waals surface area (Å²) in [7, 11) is 1.61. The third-order valence-electron chi connectivity index (χ3n) is 2.88. The number of hydrogen-bond donors (Lipinski definition) is 1. The molecule has 1 heterocycles. The van der Waals surface area contributed by atoms with E-state index in [9.17, 15) is 4.79 Å². The third kappa shape index (κ3) is 2.44. The van der Waals surface area contributed by atoms with Crippen molar-refractivity contribution in [3.63, 3.8) is 0 Å². The number of carboxylic acid groups (broad SMARTS) is 1. The van der Waals surface area contributed by atoms with Crippen molar-refractivity contribution in [2.45, 2.75) is 39.3 Å². The molecule has 0 saturated carbocycles. The second kappa shape index (κ2) is 5.70. The van der Waals surface area contributed by atoms with Crippen LogP contribution in [-0.2, 0) is 11.5 Å². The zero-order valence-electron chi connectivity index (χ0n) is 10.1. The number of aromatic nitrogens is 1. The Morgan fingerprint density at radius 1 is 1.50 bits per heavy atom. The van der Waals surface area contributed by atoms with E-state index in [2.05, 4.69) is 13.8 Å². The molecule has 0 bridgehead atoms. The normalized spacial score (nSPS) is 11.0. The Hall–Kier alpha value is -1.29. The lowest BCUT2D eigenvalue weighted by atomic mass is 9.96. The van der Waals surface area contributed by atoms with Crippen molar-refractivity contribution in [2.75, 3.05) is 7.11 Å². The molecule has 0 spiro atoms. The Kier molecular flexibility index (Phi) is 4.55. The number of carbonyl (C=O) groups is 1. The minimum atomic E-state index is -0.864. The van der Waals surface area contributed by atoms with Crippen molar-refractivity contribution >= 4 is 5.97 Å². The van der Waals surface area contributed by atoms with E-state index in [-0.39, 0.29) is 5.92 Å². The first-order valence-electron chi connectivity index (χ1n) is 5.56. The lowest BCUT2D eigenvalue weighted by molar-refractivity contribution is 0.0693. The second-order valence-electron chi connectivity index (χ2n) is 3.82. The molecule has 1 aromatic heterocycles. The van der Waals surface area contributed by atoms with Gasteiger partial charge in [-0.1, -0.05) is 13.8 Å². The van der Waals surface area contributed by atoms with Crippen molar-refractivity contribution in [1.29, 1.82) is 0 Å². The topological polar surface area (TPSA) is 51.5 Å². The summed E-state index contributed by atoms with van der Waals surface area (Å²) in [6.45, 7) is 4.55. The molecule has 4 heteroatoms. The van der Waals surface area contributed by atoms with Gasteiger partial charge in [0.05, 0.1) is 5.56 Å². The van der Waals surface area contributed by atoms with Crippen LogP contribution in [0.25, 0.3) is 0 Å². The molecular formula is C12H19NO3. The maximum absolute atomic E-state index is 11.1. The summed E-state index contributed by atoms with van der Waals surface area (Å²) in [6, 6.07) is 1.65. The van der Waals surface area contributed by atoms with E-state index in [4.69, 9.17) is 9.84 Å². The molecule has 0 unspecified atom stereocenters. The van der Waals surface area contributed by atoms with E-state index in [0.717, 1.165) is 18.5 Å². The van der Waals surface area contributed by atoms with Gasteiger partial charge in [0.1, 0.15) is 6.73 Å². The van der Waals surface area contributed by atoms with Gasteiger partial charge in [-0.25, -0.2) is 4.79 Å². The van der Waals surface area contributed by atoms with Crippen molar-refractivity contribution in [3.05, 3.63) is 23.5 Å². The molecular weight excluding hydrogens is 206 g/mol. The van der Waals surface area contributed by atoms with E-state index in [1.807, 2.05) is 4.57 Å². The summed E-state index contributed by atoms with van der Waals surface area (Å²) in [4.78, 5) is 11.1. The molecule has 0 fully saturated rings. The molecule has 1 aromatic rings.